The Morgan fingerprint density at radius 1 is 0.322 bits per heavy atom. The first-order valence-corrected chi connectivity index (χ1v) is 20.4. The highest BCUT2D eigenvalue weighted by Gasteiger charge is 2.37. The van der Waals surface area contributed by atoms with Crippen molar-refractivity contribution in [2.24, 2.45) is 0 Å². The van der Waals surface area contributed by atoms with E-state index in [4.69, 9.17) is 9.97 Å². The lowest BCUT2D eigenvalue weighted by atomic mass is 9.80. The van der Waals surface area contributed by atoms with Gasteiger partial charge in [0.15, 0.2) is 5.82 Å². The lowest BCUT2D eigenvalue weighted by Crippen LogP contribution is -2.15. The van der Waals surface area contributed by atoms with Gasteiger partial charge in [0.05, 0.1) is 11.4 Å². The summed E-state index contributed by atoms with van der Waals surface area (Å²) >= 11 is 0. The molecule has 1 aromatic heterocycles. The van der Waals surface area contributed by atoms with Gasteiger partial charge in [0, 0.05) is 22.1 Å². The number of fused-ring (bicyclic) bond motifs is 6. The van der Waals surface area contributed by atoms with Crippen molar-refractivity contribution >= 4 is 21.5 Å². The van der Waals surface area contributed by atoms with Crippen LogP contribution in [-0.4, -0.2) is 9.97 Å². The third-order valence-corrected chi connectivity index (χ3v) is 12.3. The fourth-order valence-electron chi connectivity index (χ4n) is 9.35. The summed E-state index contributed by atoms with van der Waals surface area (Å²) in [5.41, 5.74) is 17.5. The number of nitrogens with zero attached hydrogens (tertiary/aromatic N) is 2. The number of aromatic nitrogens is 2. The van der Waals surface area contributed by atoms with Crippen molar-refractivity contribution in [1.29, 1.82) is 0 Å². The Kier molecular flexibility index (Phi) is 8.20. The molecule has 11 rings (SSSR count). The van der Waals surface area contributed by atoms with Crippen LogP contribution in [0.1, 0.15) is 25.0 Å². The minimum absolute atomic E-state index is 0.0644. The largest absolute Gasteiger partial charge is 0.228 e. The second-order valence-electron chi connectivity index (χ2n) is 16.2. The van der Waals surface area contributed by atoms with Crippen molar-refractivity contribution in [1.82, 2.24) is 9.97 Å². The van der Waals surface area contributed by atoms with E-state index >= 15 is 0 Å². The summed E-state index contributed by atoms with van der Waals surface area (Å²) in [6, 6.07) is 74.3. The van der Waals surface area contributed by atoms with E-state index in [1.807, 2.05) is 18.2 Å². The molecule has 0 spiro atoms. The van der Waals surface area contributed by atoms with E-state index in [1.165, 1.54) is 66.2 Å². The first kappa shape index (κ1) is 34.8. The van der Waals surface area contributed by atoms with Crippen molar-refractivity contribution < 1.29 is 0 Å². The van der Waals surface area contributed by atoms with Crippen LogP contribution in [0.25, 0.3) is 100.0 Å². The first-order valence-electron chi connectivity index (χ1n) is 20.4. The molecule has 0 atom stereocenters. The molecule has 0 fully saturated rings. The van der Waals surface area contributed by atoms with Crippen LogP contribution in [0.3, 0.4) is 0 Å². The lowest BCUT2D eigenvalue weighted by Gasteiger charge is -2.23. The molecule has 0 radical (unpaired) electrons. The predicted molar refractivity (Wildman–Crippen MR) is 247 cm³/mol. The van der Waals surface area contributed by atoms with Crippen LogP contribution < -0.4 is 0 Å². The van der Waals surface area contributed by atoms with Crippen molar-refractivity contribution in [2.75, 3.05) is 0 Å². The van der Waals surface area contributed by atoms with E-state index in [9.17, 15) is 0 Å². The molecule has 278 valence electrons. The zero-order valence-corrected chi connectivity index (χ0v) is 33.0. The van der Waals surface area contributed by atoms with Gasteiger partial charge in [0.1, 0.15) is 0 Å². The summed E-state index contributed by atoms with van der Waals surface area (Å²) in [6.07, 6.45) is 0. The third-order valence-electron chi connectivity index (χ3n) is 12.3. The van der Waals surface area contributed by atoms with Gasteiger partial charge in [-0.25, -0.2) is 9.97 Å². The Labute approximate surface area is 345 Å². The molecule has 2 heteroatoms. The second kappa shape index (κ2) is 13.9. The minimum atomic E-state index is -0.0644. The van der Waals surface area contributed by atoms with E-state index in [0.29, 0.717) is 5.82 Å². The SMILES string of the molecule is CC1(C)c2ccc(-c3ccc(-c4ccc(-c5cc(-c6cccc(-c7ccccc7)c6)nc(-c6ccccc6)n5)c5ccccc45)cc3)cc2-c2ccc3ccccc3c21. The molecule has 59 heavy (non-hydrogen) atoms. The predicted octanol–water partition coefficient (Wildman–Crippen LogP) is 15.1. The fourth-order valence-corrected chi connectivity index (χ4v) is 9.35. The first-order chi connectivity index (χ1) is 29.0. The number of benzene rings is 9. The summed E-state index contributed by atoms with van der Waals surface area (Å²) in [6.45, 7) is 4.73. The Morgan fingerprint density at radius 3 is 1.64 bits per heavy atom. The summed E-state index contributed by atoms with van der Waals surface area (Å²) in [5.74, 6) is 0.707. The third kappa shape index (κ3) is 5.96. The molecule has 9 aromatic carbocycles. The molecule has 1 aliphatic rings. The van der Waals surface area contributed by atoms with Crippen molar-refractivity contribution in [2.45, 2.75) is 19.3 Å². The maximum absolute atomic E-state index is 5.23. The quantitative estimate of drug-likeness (QED) is 0.169. The molecule has 0 saturated heterocycles. The number of hydrogen-bond acceptors (Lipinski definition) is 2. The standard InChI is InChI=1S/C57H40N2/c1-57(2)52-33-29-43(35-51(52)50-30-28-39-16-9-10-21-46(39)55(50)57)38-24-26-40(27-25-38)45-31-32-49(48-23-12-11-22-47(45)48)54-36-53(58-56(59-54)41-17-7-4-8-18-41)44-20-13-19-42(34-44)37-14-5-3-6-15-37/h3-36H,1-2H3. The Hall–Kier alpha value is -7.42. The Balaban J connectivity index is 0.977. The lowest BCUT2D eigenvalue weighted by molar-refractivity contribution is 0.666. The monoisotopic (exact) mass is 752 g/mol. The van der Waals surface area contributed by atoms with Gasteiger partial charge in [-0.3, -0.25) is 0 Å². The number of hydrogen-bond donors (Lipinski definition) is 0. The average molecular weight is 753 g/mol. The summed E-state index contributed by atoms with van der Waals surface area (Å²) in [4.78, 5) is 10.4. The van der Waals surface area contributed by atoms with Crippen LogP contribution >= 0.6 is 0 Å². The van der Waals surface area contributed by atoms with Crippen LogP contribution in [0.5, 0.6) is 0 Å². The van der Waals surface area contributed by atoms with Gasteiger partial charge in [-0.05, 0) is 95.4 Å². The highest BCUT2D eigenvalue weighted by Crippen LogP contribution is 2.52. The molecular weight excluding hydrogens is 713 g/mol. The summed E-state index contributed by atoms with van der Waals surface area (Å²) in [7, 11) is 0. The van der Waals surface area contributed by atoms with Crippen LogP contribution in [0, 0.1) is 0 Å². The molecule has 0 unspecified atom stereocenters. The summed E-state index contributed by atoms with van der Waals surface area (Å²) in [5, 5.41) is 4.99. The van der Waals surface area contributed by atoms with Crippen LogP contribution in [0.2, 0.25) is 0 Å². The second-order valence-corrected chi connectivity index (χ2v) is 16.2. The molecule has 0 saturated carbocycles. The van der Waals surface area contributed by atoms with Gasteiger partial charge in [0.2, 0.25) is 0 Å². The van der Waals surface area contributed by atoms with Crippen LogP contribution in [-0.2, 0) is 5.41 Å². The van der Waals surface area contributed by atoms with Gasteiger partial charge in [-0.1, -0.05) is 202 Å². The van der Waals surface area contributed by atoms with Crippen LogP contribution in [0.15, 0.2) is 206 Å². The van der Waals surface area contributed by atoms with Gasteiger partial charge in [-0.2, -0.15) is 0 Å². The highest BCUT2D eigenvalue weighted by atomic mass is 14.9. The maximum atomic E-state index is 5.23. The molecule has 0 aliphatic heterocycles. The normalized spacial score (nSPS) is 12.7. The summed E-state index contributed by atoms with van der Waals surface area (Å²) < 4.78 is 0. The molecular formula is C57H40N2. The Morgan fingerprint density at radius 2 is 0.864 bits per heavy atom. The van der Waals surface area contributed by atoms with Crippen molar-refractivity contribution in [3.05, 3.63) is 217 Å². The van der Waals surface area contributed by atoms with Gasteiger partial charge in [-0.15, -0.1) is 0 Å². The van der Waals surface area contributed by atoms with Crippen LogP contribution in [0.4, 0.5) is 0 Å². The topological polar surface area (TPSA) is 25.8 Å². The Bertz CT molecular complexity index is 3220. The molecule has 1 aliphatic carbocycles. The van der Waals surface area contributed by atoms with E-state index in [2.05, 4.69) is 202 Å². The molecule has 1 heterocycles. The minimum Gasteiger partial charge on any atom is -0.228 e. The number of rotatable bonds is 6. The van der Waals surface area contributed by atoms with Gasteiger partial charge < -0.3 is 0 Å². The van der Waals surface area contributed by atoms with Gasteiger partial charge in [0.25, 0.3) is 0 Å². The molecule has 0 N–H and O–H groups in total. The highest BCUT2D eigenvalue weighted by molar-refractivity contribution is 6.05. The van der Waals surface area contributed by atoms with Gasteiger partial charge >= 0.3 is 0 Å². The van der Waals surface area contributed by atoms with E-state index < -0.39 is 0 Å². The molecule has 10 aromatic rings. The van der Waals surface area contributed by atoms with E-state index in [1.54, 1.807) is 0 Å². The van der Waals surface area contributed by atoms with Crippen molar-refractivity contribution in [3.63, 3.8) is 0 Å². The smallest absolute Gasteiger partial charge is 0.160 e. The zero-order valence-electron chi connectivity index (χ0n) is 33.0. The zero-order chi connectivity index (χ0) is 39.5. The average Bonchev–Trinajstić information content (AvgIpc) is 3.54. The molecule has 2 nitrogen and oxygen atoms in total. The van der Waals surface area contributed by atoms with Crippen molar-refractivity contribution in [3.8, 4) is 78.4 Å². The molecule has 0 amide bonds. The maximum Gasteiger partial charge on any atom is 0.160 e. The van der Waals surface area contributed by atoms with E-state index in [0.717, 1.165) is 39.0 Å². The molecule has 0 bridgehead atoms. The van der Waals surface area contributed by atoms with E-state index in [-0.39, 0.29) is 5.41 Å². The fraction of sp³-hybridized carbons (Fsp3) is 0.0526.